The average molecular weight is 475 g/mol. The maximum Gasteiger partial charge on any atom is 0.325 e. The molecule has 0 rings (SSSR count). The summed E-state index contributed by atoms with van der Waals surface area (Å²) in [4.78, 5) is 59.6. The van der Waals surface area contributed by atoms with Crippen LogP contribution >= 0.6 is 0 Å². The maximum atomic E-state index is 12.9. The molecule has 13 nitrogen and oxygen atoms in total. The first-order valence-corrected chi connectivity index (χ1v) is 11.0. The standard InChI is InChI=1S/C20H38N6O7/c1-12(20(32)33)24-18(30)14(6-2-4-10-21)26-19(31)15(7-3-5-11-22)25-17(29)13(23)8-9-16(27)28/h12-15H,2-11,21-23H2,1H3,(H,24,30)(H,25,29)(H,26,31)(H,27,28)(H,32,33). The van der Waals surface area contributed by atoms with Gasteiger partial charge in [0, 0.05) is 6.42 Å². The lowest BCUT2D eigenvalue weighted by molar-refractivity contribution is -0.142. The second kappa shape index (κ2) is 16.8. The Hall–Kier alpha value is -2.77. The molecule has 0 aliphatic rings. The first kappa shape index (κ1) is 30.2. The molecule has 0 aliphatic carbocycles. The Morgan fingerprint density at radius 1 is 0.727 bits per heavy atom. The van der Waals surface area contributed by atoms with Crippen molar-refractivity contribution < 1.29 is 34.2 Å². The molecule has 0 saturated heterocycles. The third-order valence-electron chi connectivity index (χ3n) is 4.89. The van der Waals surface area contributed by atoms with E-state index in [2.05, 4.69) is 16.0 Å². The molecule has 0 aromatic rings. The average Bonchev–Trinajstić information content (AvgIpc) is 2.75. The van der Waals surface area contributed by atoms with Crippen molar-refractivity contribution >= 4 is 29.7 Å². The molecule has 3 amide bonds. The molecule has 11 N–H and O–H groups in total. The molecule has 190 valence electrons. The van der Waals surface area contributed by atoms with Gasteiger partial charge in [-0.2, -0.15) is 0 Å². The number of carboxylic acid groups (broad SMARTS) is 2. The van der Waals surface area contributed by atoms with Crippen molar-refractivity contribution in [3.05, 3.63) is 0 Å². The largest absolute Gasteiger partial charge is 0.481 e. The fourth-order valence-electron chi connectivity index (χ4n) is 2.86. The molecule has 0 aromatic heterocycles. The second-order valence-electron chi connectivity index (χ2n) is 7.80. The fraction of sp³-hybridized carbons (Fsp3) is 0.750. The van der Waals surface area contributed by atoms with Crippen LogP contribution in [0, 0.1) is 0 Å². The minimum Gasteiger partial charge on any atom is -0.481 e. The Balaban J connectivity index is 5.32. The number of hydrogen-bond acceptors (Lipinski definition) is 8. The van der Waals surface area contributed by atoms with Gasteiger partial charge in [0.25, 0.3) is 0 Å². The summed E-state index contributed by atoms with van der Waals surface area (Å²) in [6.45, 7) is 2.07. The van der Waals surface area contributed by atoms with Gasteiger partial charge in [0.1, 0.15) is 18.1 Å². The minimum atomic E-state index is -1.22. The number of nitrogens with one attached hydrogen (secondary N) is 3. The zero-order valence-corrected chi connectivity index (χ0v) is 19.0. The lowest BCUT2D eigenvalue weighted by atomic mass is 10.0. The van der Waals surface area contributed by atoms with Crippen LogP contribution in [-0.4, -0.2) is 77.1 Å². The Labute approximate surface area is 193 Å². The van der Waals surface area contributed by atoms with E-state index in [1.165, 1.54) is 6.92 Å². The summed E-state index contributed by atoms with van der Waals surface area (Å²) in [5, 5.41) is 25.2. The molecule has 0 radical (unpaired) electrons. The molecule has 0 aliphatic heterocycles. The Bertz CT molecular complexity index is 661. The smallest absolute Gasteiger partial charge is 0.325 e. The zero-order valence-electron chi connectivity index (χ0n) is 19.0. The first-order valence-electron chi connectivity index (χ1n) is 11.0. The van der Waals surface area contributed by atoms with Crippen molar-refractivity contribution in [2.24, 2.45) is 17.2 Å². The predicted octanol–water partition coefficient (Wildman–Crippen LogP) is -2.00. The van der Waals surface area contributed by atoms with E-state index in [-0.39, 0.29) is 25.7 Å². The third-order valence-corrected chi connectivity index (χ3v) is 4.89. The van der Waals surface area contributed by atoms with Crippen LogP contribution in [-0.2, 0) is 24.0 Å². The first-order chi connectivity index (χ1) is 15.5. The number of carbonyl (C=O) groups is 5. The minimum absolute atomic E-state index is 0.102. The van der Waals surface area contributed by atoms with Crippen molar-refractivity contribution in [3.8, 4) is 0 Å². The summed E-state index contributed by atoms with van der Waals surface area (Å²) in [5.41, 5.74) is 16.7. The number of unbranched alkanes of at least 4 members (excludes halogenated alkanes) is 2. The number of rotatable bonds is 18. The molecule has 33 heavy (non-hydrogen) atoms. The SMILES string of the molecule is CC(NC(=O)C(CCCCN)NC(=O)C(CCCCN)NC(=O)C(N)CCC(=O)O)C(=O)O. The molecule has 13 heteroatoms. The second-order valence-corrected chi connectivity index (χ2v) is 7.80. The van der Waals surface area contributed by atoms with Crippen molar-refractivity contribution in [1.29, 1.82) is 0 Å². The van der Waals surface area contributed by atoms with E-state index in [0.29, 0.717) is 38.8 Å². The van der Waals surface area contributed by atoms with Gasteiger partial charge < -0.3 is 43.4 Å². The molecule has 4 atom stereocenters. The van der Waals surface area contributed by atoms with Crippen LogP contribution in [0.4, 0.5) is 0 Å². The van der Waals surface area contributed by atoms with Gasteiger partial charge >= 0.3 is 11.9 Å². The van der Waals surface area contributed by atoms with E-state index in [9.17, 15) is 24.0 Å². The van der Waals surface area contributed by atoms with Gasteiger partial charge in [-0.3, -0.25) is 24.0 Å². The maximum absolute atomic E-state index is 12.9. The van der Waals surface area contributed by atoms with E-state index in [4.69, 9.17) is 27.4 Å². The molecular formula is C20H38N6O7. The van der Waals surface area contributed by atoms with Crippen LogP contribution in [0.25, 0.3) is 0 Å². The lowest BCUT2D eigenvalue weighted by Crippen LogP contribution is -2.56. The molecule has 0 aromatic carbocycles. The Morgan fingerprint density at radius 3 is 1.61 bits per heavy atom. The van der Waals surface area contributed by atoms with E-state index < -0.39 is 53.8 Å². The Kier molecular flexibility index (Phi) is 15.4. The summed E-state index contributed by atoms with van der Waals surface area (Å²) in [6, 6.07) is -4.33. The zero-order chi connectivity index (χ0) is 25.4. The van der Waals surface area contributed by atoms with Gasteiger partial charge in [-0.15, -0.1) is 0 Å². The molecule has 0 spiro atoms. The van der Waals surface area contributed by atoms with Crippen molar-refractivity contribution in [3.63, 3.8) is 0 Å². The van der Waals surface area contributed by atoms with Crippen molar-refractivity contribution in [2.45, 2.75) is 82.5 Å². The molecule has 0 fully saturated rings. The van der Waals surface area contributed by atoms with Crippen LogP contribution < -0.4 is 33.2 Å². The number of amides is 3. The molecule has 4 unspecified atom stereocenters. The number of nitrogens with two attached hydrogens (primary N) is 3. The van der Waals surface area contributed by atoms with Gasteiger partial charge in [0.05, 0.1) is 6.04 Å². The van der Waals surface area contributed by atoms with Crippen LogP contribution in [0.1, 0.15) is 58.3 Å². The highest BCUT2D eigenvalue weighted by atomic mass is 16.4. The van der Waals surface area contributed by atoms with Crippen LogP contribution in [0.15, 0.2) is 0 Å². The topological polar surface area (TPSA) is 240 Å². The predicted molar refractivity (Wildman–Crippen MR) is 120 cm³/mol. The van der Waals surface area contributed by atoms with Crippen LogP contribution in [0.5, 0.6) is 0 Å². The quantitative estimate of drug-likeness (QED) is 0.102. The van der Waals surface area contributed by atoms with Gasteiger partial charge in [-0.05, 0) is 65.0 Å². The highest BCUT2D eigenvalue weighted by Crippen LogP contribution is 2.07. The highest BCUT2D eigenvalue weighted by molar-refractivity contribution is 5.94. The summed E-state index contributed by atoms with van der Waals surface area (Å²) < 4.78 is 0. The van der Waals surface area contributed by atoms with Crippen LogP contribution in [0.3, 0.4) is 0 Å². The summed E-state index contributed by atoms with van der Waals surface area (Å²) in [5.74, 6) is -4.31. The van der Waals surface area contributed by atoms with E-state index >= 15 is 0 Å². The molecule has 0 saturated carbocycles. The van der Waals surface area contributed by atoms with Gasteiger partial charge in [0.2, 0.25) is 17.7 Å². The highest BCUT2D eigenvalue weighted by Gasteiger charge is 2.29. The number of carboxylic acids is 2. The van der Waals surface area contributed by atoms with Crippen molar-refractivity contribution in [1.82, 2.24) is 16.0 Å². The van der Waals surface area contributed by atoms with Gasteiger partial charge in [0.15, 0.2) is 0 Å². The summed E-state index contributed by atoms with van der Waals surface area (Å²) in [6.07, 6.45) is 2.27. The number of aliphatic carboxylic acids is 2. The number of carbonyl (C=O) groups excluding carboxylic acids is 3. The van der Waals surface area contributed by atoms with E-state index in [1.807, 2.05) is 0 Å². The molecule has 0 bridgehead atoms. The fourth-order valence-corrected chi connectivity index (χ4v) is 2.86. The normalized spacial score (nSPS) is 14.4. The summed E-state index contributed by atoms with van der Waals surface area (Å²) >= 11 is 0. The van der Waals surface area contributed by atoms with Gasteiger partial charge in [-0.25, -0.2) is 0 Å². The molecule has 0 heterocycles. The van der Waals surface area contributed by atoms with E-state index in [0.717, 1.165) is 0 Å². The molecular weight excluding hydrogens is 436 g/mol. The van der Waals surface area contributed by atoms with Crippen LogP contribution in [0.2, 0.25) is 0 Å². The van der Waals surface area contributed by atoms with Crippen molar-refractivity contribution in [2.75, 3.05) is 13.1 Å². The lowest BCUT2D eigenvalue weighted by Gasteiger charge is -2.25. The Morgan fingerprint density at radius 2 is 1.18 bits per heavy atom. The summed E-state index contributed by atoms with van der Waals surface area (Å²) in [7, 11) is 0. The third kappa shape index (κ3) is 13.4. The van der Waals surface area contributed by atoms with E-state index in [1.54, 1.807) is 0 Å². The number of hydrogen-bond donors (Lipinski definition) is 8. The monoisotopic (exact) mass is 474 g/mol. The van der Waals surface area contributed by atoms with Gasteiger partial charge in [-0.1, -0.05) is 0 Å².